The highest BCUT2D eigenvalue weighted by molar-refractivity contribution is 5.10. The van der Waals surface area contributed by atoms with E-state index < -0.39 is 0 Å². The lowest BCUT2D eigenvalue weighted by molar-refractivity contribution is 0.255. The molecular weight excluding hydrogens is 226 g/mol. The molecule has 0 aromatic carbocycles. The molecule has 1 aromatic heterocycles. The number of hydrogen-bond acceptors (Lipinski definition) is 4. The van der Waals surface area contributed by atoms with Crippen molar-refractivity contribution in [1.29, 1.82) is 0 Å². The van der Waals surface area contributed by atoms with Gasteiger partial charge in [0.1, 0.15) is 0 Å². The molecular formula is C14H25N3O. The summed E-state index contributed by atoms with van der Waals surface area (Å²) in [6.45, 7) is 6.91. The maximum absolute atomic E-state index is 6.03. The summed E-state index contributed by atoms with van der Waals surface area (Å²) in [5.74, 6) is 1.55. The summed E-state index contributed by atoms with van der Waals surface area (Å²) in [4.78, 5) is 4.63. The third-order valence-electron chi connectivity index (χ3n) is 4.00. The molecule has 0 spiro atoms. The van der Waals surface area contributed by atoms with Crippen molar-refractivity contribution in [3.05, 3.63) is 11.7 Å². The number of nitrogens with zero attached hydrogens (tertiary/aromatic N) is 2. The van der Waals surface area contributed by atoms with E-state index in [1.807, 2.05) is 0 Å². The Hall–Kier alpha value is -0.900. The van der Waals surface area contributed by atoms with Gasteiger partial charge in [0.05, 0.1) is 5.41 Å². The van der Waals surface area contributed by atoms with E-state index >= 15 is 0 Å². The number of nitrogens with two attached hydrogens (primary N) is 1. The van der Waals surface area contributed by atoms with Crippen molar-refractivity contribution >= 4 is 0 Å². The molecule has 0 aliphatic heterocycles. The highest BCUT2D eigenvalue weighted by Crippen LogP contribution is 2.37. The molecule has 102 valence electrons. The molecule has 0 unspecified atom stereocenters. The van der Waals surface area contributed by atoms with Crippen LogP contribution in [0.1, 0.15) is 71.0 Å². The van der Waals surface area contributed by atoms with Gasteiger partial charge in [-0.3, -0.25) is 0 Å². The van der Waals surface area contributed by atoms with E-state index in [2.05, 4.69) is 30.9 Å². The zero-order chi connectivity index (χ0) is 13.2. The average molecular weight is 251 g/mol. The summed E-state index contributed by atoms with van der Waals surface area (Å²) in [5, 5.41) is 4.14. The Morgan fingerprint density at radius 3 is 2.22 bits per heavy atom. The van der Waals surface area contributed by atoms with Gasteiger partial charge in [0.2, 0.25) is 5.89 Å². The van der Waals surface area contributed by atoms with E-state index in [0.717, 1.165) is 24.6 Å². The Labute approximate surface area is 109 Å². The summed E-state index contributed by atoms with van der Waals surface area (Å²) in [5.41, 5.74) is 5.89. The largest absolute Gasteiger partial charge is 0.339 e. The highest BCUT2D eigenvalue weighted by atomic mass is 16.5. The molecule has 0 amide bonds. The van der Waals surface area contributed by atoms with Gasteiger partial charge in [-0.05, 0) is 12.8 Å². The van der Waals surface area contributed by atoms with Gasteiger partial charge in [0.25, 0.3) is 0 Å². The lowest BCUT2D eigenvalue weighted by atomic mass is 9.80. The Morgan fingerprint density at radius 2 is 1.78 bits per heavy atom. The summed E-state index contributed by atoms with van der Waals surface area (Å²) in [7, 11) is 0. The fourth-order valence-electron chi connectivity index (χ4n) is 2.65. The van der Waals surface area contributed by atoms with Crippen molar-refractivity contribution in [2.45, 2.75) is 70.1 Å². The Kier molecular flexibility index (Phi) is 3.76. The molecule has 1 aromatic rings. The van der Waals surface area contributed by atoms with Crippen LogP contribution >= 0.6 is 0 Å². The van der Waals surface area contributed by atoms with Gasteiger partial charge >= 0.3 is 0 Å². The standard InChI is InChI=1S/C14H25N3O/c1-13(2,3)11-16-12(18-17-11)14(10-15)8-6-4-5-7-9-14/h4-10,15H2,1-3H3. The topological polar surface area (TPSA) is 64.9 Å². The monoisotopic (exact) mass is 251 g/mol. The quantitative estimate of drug-likeness (QED) is 0.821. The summed E-state index contributed by atoms with van der Waals surface area (Å²) in [6.07, 6.45) is 7.17. The van der Waals surface area contributed by atoms with Crippen LogP contribution in [0, 0.1) is 0 Å². The molecule has 4 nitrogen and oxygen atoms in total. The Balaban J connectivity index is 2.29. The molecule has 2 rings (SSSR count). The molecule has 1 saturated carbocycles. The summed E-state index contributed by atoms with van der Waals surface area (Å²) >= 11 is 0. The van der Waals surface area contributed by atoms with Crippen molar-refractivity contribution in [3.8, 4) is 0 Å². The molecule has 0 atom stereocenters. The first kappa shape index (κ1) is 13.5. The second-order valence-corrected chi connectivity index (χ2v) is 6.57. The molecule has 4 heteroatoms. The lowest BCUT2D eigenvalue weighted by Gasteiger charge is -2.26. The van der Waals surface area contributed by atoms with Crippen LogP contribution < -0.4 is 5.73 Å². The van der Waals surface area contributed by atoms with Crippen LogP contribution in [0.2, 0.25) is 0 Å². The van der Waals surface area contributed by atoms with Crippen LogP contribution in [-0.2, 0) is 10.8 Å². The molecule has 1 fully saturated rings. The van der Waals surface area contributed by atoms with Crippen molar-refractivity contribution < 1.29 is 4.52 Å². The SMILES string of the molecule is CC(C)(C)c1noc(C2(CN)CCCCCC2)n1. The van der Waals surface area contributed by atoms with Gasteiger partial charge < -0.3 is 10.3 Å². The maximum atomic E-state index is 6.03. The smallest absolute Gasteiger partial charge is 0.234 e. The van der Waals surface area contributed by atoms with Crippen LogP contribution in [0.5, 0.6) is 0 Å². The van der Waals surface area contributed by atoms with Gasteiger partial charge in [-0.1, -0.05) is 51.6 Å². The van der Waals surface area contributed by atoms with Gasteiger partial charge in [0, 0.05) is 12.0 Å². The molecule has 1 aliphatic rings. The first-order valence-corrected chi connectivity index (χ1v) is 7.03. The number of aromatic nitrogens is 2. The van der Waals surface area contributed by atoms with Gasteiger partial charge in [-0.15, -0.1) is 0 Å². The van der Waals surface area contributed by atoms with Crippen molar-refractivity contribution in [1.82, 2.24) is 10.1 Å². The fraction of sp³-hybridized carbons (Fsp3) is 0.857. The predicted molar refractivity (Wildman–Crippen MR) is 71.4 cm³/mol. The van der Waals surface area contributed by atoms with Crippen LogP contribution in [0.4, 0.5) is 0 Å². The second-order valence-electron chi connectivity index (χ2n) is 6.57. The zero-order valence-electron chi connectivity index (χ0n) is 11.8. The maximum Gasteiger partial charge on any atom is 0.234 e. The lowest BCUT2D eigenvalue weighted by Crippen LogP contribution is -2.35. The molecule has 0 saturated heterocycles. The van der Waals surface area contributed by atoms with Crippen molar-refractivity contribution in [3.63, 3.8) is 0 Å². The number of hydrogen-bond donors (Lipinski definition) is 1. The van der Waals surface area contributed by atoms with Crippen LogP contribution in [0.25, 0.3) is 0 Å². The average Bonchev–Trinajstić information content (AvgIpc) is 2.70. The van der Waals surface area contributed by atoms with Crippen LogP contribution in [-0.4, -0.2) is 16.7 Å². The fourth-order valence-corrected chi connectivity index (χ4v) is 2.65. The minimum atomic E-state index is -0.0764. The third-order valence-corrected chi connectivity index (χ3v) is 4.00. The molecule has 18 heavy (non-hydrogen) atoms. The van der Waals surface area contributed by atoms with E-state index in [4.69, 9.17) is 10.3 Å². The van der Waals surface area contributed by atoms with E-state index in [0.29, 0.717) is 6.54 Å². The molecule has 0 bridgehead atoms. The van der Waals surface area contributed by atoms with Gasteiger partial charge in [-0.25, -0.2) is 0 Å². The van der Waals surface area contributed by atoms with E-state index in [1.165, 1.54) is 25.7 Å². The molecule has 1 aliphatic carbocycles. The van der Waals surface area contributed by atoms with Crippen molar-refractivity contribution in [2.24, 2.45) is 5.73 Å². The molecule has 0 radical (unpaired) electrons. The van der Waals surface area contributed by atoms with Crippen LogP contribution in [0.15, 0.2) is 4.52 Å². The van der Waals surface area contributed by atoms with Gasteiger partial charge in [0.15, 0.2) is 5.82 Å². The highest BCUT2D eigenvalue weighted by Gasteiger charge is 2.38. The summed E-state index contributed by atoms with van der Waals surface area (Å²) in [6, 6.07) is 0. The zero-order valence-corrected chi connectivity index (χ0v) is 11.8. The third kappa shape index (κ3) is 2.58. The Morgan fingerprint density at radius 1 is 1.17 bits per heavy atom. The second kappa shape index (κ2) is 5.00. The molecule has 1 heterocycles. The molecule has 2 N–H and O–H groups in total. The number of rotatable bonds is 2. The summed E-state index contributed by atoms with van der Waals surface area (Å²) < 4.78 is 5.54. The van der Waals surface area contributed by atoms with E-state index in [9.17, 15) is 0 Å². The van der Waals surface area contributed by atoms with E-state index in [-0.39, 0.29) is 10.8 Å². The van der Waals surface area contributed by atoms with Crippen LogP contribution in [0.3, 0.4) is 0 Å². The Bertz CT molecular complexity index is 384. The van der Waals surface area contributed by atoms with E-state index in [1.54, 1.807) is 0 Å². The van der Waals surface area contributed by atoms with Gasteiger partial charge in [-0.2, -0.15) is 4.98 Å². The van der Waals surface area contributed by atoms with Crippen molar-refractivity contribution in [2.75, 3.05) is 6.54 Å². The minimum absolute atomic E-state index is 0.0672. The normalized spacial score (nSPS) is 20.7. The predicted octanol–water partition coefficient (Wildman–Crippen LogP) is 2.92. The minimum Gasteiger partial charge on any atom is -0.339 e. The first-order valence-electron chi connectivity index (χ1n) is 7.03. The first-order chi connectivity index (χ1) is 8.48.